The van der Waals surface area contributed by atoms with Gasteiger partial charge in [0, 0.05) is 43.6 Å². The van der Waals surface area contributed by atoms with Gasteiger partial charge in [-0.15, -0.1) is 22.7 Å². The first-order valence-corrected chi connectivity index (χ1v) is 30.9. The predicted molar refractivity (Wildman–Crippen MR) is 309 cm³/mol. The highest BCUT2D eigenvalue weighted by molar-refractivity contribution is 7.87. The lowest BCUT2D eigenvalue weighted by Crippen LogP contribution is -2.42. The number of alkyl halides is 5. The molecule has 0 unspecified atom stereocenters. The van der Waals surface area contributed by atoms with E-state index >= 15 is 0 Å². The van der Waals surface area contributed by atoms with Crippen LogP contribution in [0.3, 0.4) is 0 Å². The normalized spacial score (nSPS) is 21.7. The maximum Gasteiger partial charge on any atom is 0.534 e. The summed E-state index contributed by atoms with van der Waals surface area (Å²) in [6, 6.07) is 12.7. The molecule has 5 aliphatic heterocycles. The molecule has 0 radical (unpaired) electrons. The summed E-state index contributed by atoms with van der Waals surface area (Å²) < 4.78 is 114. The van der Waals surface area contributed by atoms with Crippen LogP contribution in [0.2, 0.25) is 0 Å². The van der Waals surface area contributed by atoms with Gasteiger partial charge in [0.25, 0.3) is 0 Å². The molecule has 4 aromatic rings. The van der Waals surface area contributed by atoms with Crippen molar-refractivity contribution in [1.29, 1.82) is 0 Å². The van der Waals surface area contributed by atoms with Crippen LogP contribution in [0.4, 0.5) is 31.5 Å². The van der Waals surface area contributed by atoms with Gasteiger partial charge in [-0.05, 0) is 182 Å². The molecule has 81 heavy (non-hydrogen) atoms. The number of carbonyl (C=O) groups is 2. The van der Waals surface area contributed by atoms with E-state index in [-0.39, 0.29) is 56.6 Å². The molecule has 0 spiro atoms. The lowest BCUT2D eigenvalue weighted by Gasteiger charge is -2.33. The number of fused-ring (bicyclic) bond motifs is 2. The number of rotatable bonds is 10. The number of piperidine rings is 2. The van der Waals surface area contributed by atoms with E-state index in [1.54, 1.807) is 55.3 Å². The van der Waals surface area contributed by atoms with Crippen LogP contribution >= 0.6 is 22.7 Å². The first-order chi connectivity index (χ1) is 37.7. The quantitative estimate of drug-likeness (QED) is 0.0641. The number of aromatic nitrogens is 2. The summed E-state index contributed by atoms with van der Waals surface area (Å²) in [4.78, 5) is 41.8. The van der Waals surface area contributed by atoms with Gasteiger partial charge in [0.15, 0.2) is 0 Å². The van der Waals surface area contributed by atoms with Crippen LogP contribution in [-0.2, 0) is 33.1 Å². The second-order valence-electron chi connectivity index (χ2n) is 24.7. The van der Waals surface area contributed by atoms with E-state index < -0.39 is 38.8 Å². The van der Waals surface area contributed by atoms with Crippen molar-refractivity contribution in [1.82, 2.24) is 29.6 Å². The van der Waals surface area contributed by atoms with E-state index in [9.17, 15) is 40.0 Å². The highest BCUT2D eigenvalue weighted by Crippen LogP contribution is 2.40. The van der Waals surface area contributed by atoms with Gasteiger partial charge in [-0.2, -0.15) is 21.6 Å². The maximum atomic E-state index is 12.9. The van der Waals surface area contributed by atoms with E-state index in [2.05, 4.69) is 91.1 Å². The van der Waals surface area contributed by atoms with Crippen molar-refractivity contribution in [3.63, 3.8) is 0 Å². The topological polar surface area (TPSA) is 153 Å². The van der Waals surface area contributed by atoms with Gasteiger partial charge in [0.2, 0.25) is 5.88 Å². The molecule has 3 fully saturated rings. The van der Waals surface area contributed by atoms with Crippen LogP contribution < -0.4 is 5.46 Å². The Labute approximate surface area is 482 Å². The van der Waals surface area contributed by atoms with Crippen molar-refractivity contribution in [2.24, 2.45) is 11.8 Å². The zero-order valence-corrected chi connectivity index (χ0v) is 51.2. The molecule has 15 nitrogen and oxygen atoms in total. The molecule has 0 saturated carbocycles. The van der Waals surface area contributed by atoms with Crippen molar-refractivity contribution >= 4 is 83.7 Å². The third-order valence-electron chi connectivity index (χ3n) is 15.0. The van der Waals surface area contributed by atoms with Gasteiger partial charge in [0.1, 0.15) is 24.6 Å². The minimum Gasteiger partial charge on any atom is -0.443 e. The fourth-order valence-corrected chi connectivity index (χ4v) is 12.6. The Kier molecular flexibility index (Phi) is 20.4. The minimum atomic E-state index is -5.84. The van der Waals surface area contributed by atoms with Crippen molar-refractivity contribution in [3.05, 3.63) is 70.0 Å². The Hall–Kier alpha value is -4.46. The first kappa shape index (κ1) is 64.1. The summed E-state index contributed by atoms with van der Waals surface area (Å²) in [5.74, 6) is 0.556. The second-order valence-corrected chi connectivity index (χ2v) is 28.4. The number of likely N-dealkylation sites (tertiary alicyclic amines) is 2. The summed E-state index contributed by atoms with van der Waals surface area (Å²) in [6.45, 7) is 27.6. The Morgan fingerprint density at radius 3 is 1.60 bits per heavy atom. The molecule has 448 valence electrons. The SMILES string of the molecule is CC1(C)OB(c2ccc3sc(C4CCN(CCF)CC4)nc3c2)OC1(C)C.C[C@H]1CC=C(OS(=O)(=O)C(F)(F)F)N(C(=O)OC(C)(C)C)C1.C[C@H]1CC=C(c2ccc3sc(C4CCN(CCF)CC4)nc3c2)N(C(=O)OC(C)(C)C)C1. The van der Waals surface area contributed by atoms with E-state index in [1.807, 2.05) is 20.8 Å². The van der Waals surface area contributed by atoms with Crippen molar-refractivity contribution in [3.8, 4) is 0 Å². The minimum absolute atomic E-state index is 0.00583. The Bertz CT molecular complexity index is 2980. The van der Waals surface area contributed by atoms with Gasteiger partial charge in [-0.25, -0.2) is 33.2 Å². The third-order valence-corrected chi connectivity index (χ3v) is 18.3. The van der Waals surface area contributed by atoms with Crippen LogP contribution in [0, 0.1) is 11.8 Å². The Balaban J connectivity index is 0.000000179. The molecule has 3 saturated heterocycles. The number of allylic oxidation sites excluding steroid dienone is 2. The zero-order valence-electron chi connectivity index (χ0n) is 48.8. The van der Waals surface area contributed by atoms with E-state index in [4.69, 9.17) is 28.8 Å². The second kappa shape index (κ2) is 25.8. The zero-order chi connectivity index (χ0) is 59.5. The summed E-state index contributed by atoms with van der Waals surface area (Å²) >= 11 is 3.54. The van der Waals surface area contributed by atoms with E-state index in [1.165, 1.54) is 19.4 Å². The summed E-state index contributed by atoms with van der Waals surface area (Å²) in [6.07, 6.45) is 7.40. The molecular formula is C57H80BF5N6O9S3. The van der Waals surface area contributed by atoms with Crippen LogP contribution in [0.25, 0.3) is 26.1 Å². The van der Waals surface area contributed by atoms with Crippen LogP contribution in [0.5, 0.6) is 0 Å². The number of ether oxygens (including phenoxy) is 2. The molecule has 0 aliphatic carbocycles. The smallest absolute Gasteiger partial charge is 0.443 e. The highest BCUT2D eigenvalue weighted by atomic mass is 32.2. The lowest BCUT2D eigenvalue weighted by molar-refractivity contribution is -0.0546. The average molecular weight is 1200 g/mol. The summed E-state index contributed by atoms with van der Waals surface area (Å²) in [5.41, 5.74) is -2.72. The van der Waals surface area contributed by atoms with Crippen LogP contribution in [0.1, 0.15) is 149 Å². The number of amides is 2. The molecule has 7 heterocycles. The molecule has 2 aromatic carbocycles. The number of hydrogen-bond donors (Lipinski definition) is 0. The molecule has 0 N–H and O–H groups in total. The molecule has 2 aromatic heterocycles. The Morgan fingerprint density at radius 2 is 1.14 bits per heavy atom. The standard InChI is InChI=1S/C25H34FN3O2S.C20H28BFN2O2S.C12H18F3NO5S/c1-17-5-7-21(29(16-17)24(30)31-25(2,3)4)19-6-8-22-20(15-19)27-23(32-22)18-9-12-28(13-10-18)14-11-26;1-19(2)20(3,4)26-21(25-19)15-5-6-17-16(13-15)23-18(27-17)14-7-10-24(11-8-14)12-9-22;1-8-5-6-9(21-22(18,19)12(13,14)15)16(7-8)10(17)20-11(2,3)4/h6-8,15,17-18H,5,9-14,16H2,1-4H3;5-6,13-14H,7-12H2,1-4H3;6,8H,5,7H2,1-4H3/t17-;;8-/m0.0/s1. The number of halogens is 5. The molecular weight excluding hydrogens is 1110 g/mol. The van der Waals surface area contributed by atoms with Gasteiger partial charge in [-0.3, -0.25) is 4.90 Å². The molecule has 9 rings (SSSR count). The number of thiazole rings is 2. The third kappa shape index (κ3) is 16.7. The first-order valence-electron chi connectivity index (χ1n) is 27.9. The van der Waals surface area contributed by atoms with Gasteiger partial charge in [0.05, 0.1) is 47.3 Å². The van der Waals surface area contributed by atoms with Crippen LogP contribution in [-0.4, -0.2) is 151 Å². The fraction of sp³-hybridized carbons (Fsp3) is 0.649. The number of hydrogen-bond acceptors (Lipinski definition) is 15. The average Bonchev–Trinajstić information content (AvgIpc) is 4.11. The van der Waals surface area contributed by atoms with E-state index in [0.29, 0.717) is 37.4 Å². The van der Waals surface area contributed by atoms with Gasteiger partial charge < -0.3 is 32.8 Å². The fourth-order valence-electron chi connectivity index (χ4n) is 9.87. The lowest BCUT2D eigenvalue weighted by atomic mass is 9.79. The largest absolute Gasteiger partial charge is 0.534 e. The molecule has 0 bridgehead atoms. The number of benzene rings is 2. The summed E-state index contributed by atoms with van der Waals surface area (Å²) in [7, 11) is -6.20. The maximum absolute atomic E-state index is 12.9. The van der Waals surface area contributed by atoms with Gasteiger partial charge in [-0.1, -0.05) is 32.1 Å². The number of nitrogens with zero attached hydrogens (tertiary/aromatic N) is 6. The Morgan fingerprint density at radius 1 is 0.691 bits per heavy atom. The number of carbonyl (C=O) groups excluding carboxylic acids is 2. The van der Waals surface area contributed by atoms with Crippen LogP contribution in [0.15, 0.2) is 54.4 Å². The van der Waals surface area contributed by atoms with E-state index in [0.717, 1.165) is 97.0 Å². The summed E-state index contributed by atoms with van der Waals surface area (Å²) in [5, 5.41) is 2.38. The van der Waals surface area contributed by atoms with Crippen molar-refractivity contribution in [2.75, 3.05) is 65.7 Å². The molecule has 2 atom stereocenters. The van der Waals surface area contributed by atoms with Gasteiger partial charge >= 0.3 is 34.9 Å². The molecule has 5 aliphatic rings. The monoisotopic (exact) mass is 1190 g/mol. The van der Waals surface area contributed by atoms with Crippen molar-refractivity contribution < 1.29 is 62.9 Å². The molecule has 2 amide bonds. The molecule has 24 heteroatoms. The highest BCUT2D eigenvalue weighted by Gasteiger charge is 2.52. The predicted octanol–water partition coefficient (Wildman–Crippen LogP) is 12.8. The van der Waals surface area contributed by atoms with Crippen molar-refractivity contribution in [2.45, 2.75) is 161 Å².